The van der Waals surface area contributed by atoms with Gasteiger partial charge in [0.1, 0.15) is 0 Å². The fraction of sp³-hybridized carbons (Fsp3) is 0.720. The average molecular weight is 518 g/mol. The largest absolute Gasteiger partial charge is 0.416 e. The number of fused-ring (bicyclic) bond motifs is 1. The molecule has 1 saturated carbocycles. The standard InChI is InChI=1S/C25H38F3N3O3S/c1-5-6-13-31(23(32)21(29)14-24(2,3)4)22-12-7-17-15-30(16-20(17)22)35(33,34)19-10-8-18(9-11-19)25(26,27)28/h8-11,17,20-22H,5-7,12-16,29H2,1-4H3/t17-,20+,21+,22+/m1/s1. The predicted molar refractivity (Wildman–Crippen MR) is 129 cm³/mol. The fourth-order valence-corrected chi connectivity index (χ4v) is 7.01. The van der Waals surface area contributed by atoms with Crippen molar-refractivity contribution in [2.75, 3.05) is 19.6 Å². The number of halogens is 3. The van der Waals surface area contributed by atoms with Gasteiger partial charge in [-0.15, -0.1) is 0 Å². The summed E-state index contributed by atoms with van der Waals surface area (Å²) in [6.45, 7) is 9.35. The molecule has 198 valence electrons. The molecule has 0 spiro atoms. The van der Waals surface area contributed by atoms with Crippen molar-refractivity contribution in [2.24, 2.45) is 23.0 Å². The van der Waals surface area contributed by atoms with Crippen LogP contribution in [0.4, 0.5) is 13.2 Å². The number of sulfonamides is 1. The van der Waals surface area contributed by atoms with Crippen molar-refractivity contribution in [3.8, 4) is 0 Å². The molecule has 1 heterocycles. The van der Waals surface area contributed by atoms with Crippen LogP contribution in [-0.4, -0.2) is 55.2 Å². The third kappa shape index (κ3) is 6.38. The van der Waals surface area contributed by atoms with Crippen molar-refractivity contribution in [3.05, 3.63) is 29.8 Å². The molecule has 35 heavy (non-hydrogen) atoms. The lowest BCUT2D eigenvalue weighted by Crippen LogP contribution is -2.52. The molecule has 4 atom stereocenters. The van der Waals surface area contributed by atoms with Crippen LogP contribution in [0.15, 0.2) is 29.2 Å². The van der Waals surface area contributed by atoms with Crippen LogP contribution >= 0.6 is 0 Å². The number of rotatable bonds is 8. The Morgan fingerprint density at radius 3 is 2.31 bits per heavy atom. The molecule has 0 aromatic heterocycles. The smallest absolute Gasteiger partial charge is 0.338 e. The van der Waals surface area contributed by atoms with E-state index in [0.29, 0.717) is 19.5 Å². The topological polar surface area (TPSA) is 83.7 Å². The van der Waals surface area contributed by atoms with Crippen LogP contribution in [0, 0.1) is 17.3 Å². The summed E-state index contributed by atoms with van der Waals surface area (Å²) in [5.74, 6) is 0.0185. The van der Waals surface area contributed by atoms with Crippen molar-refractivity contribution in [1.82, 2.24) is 9.21 Å². The number of hydrogen-bond donors (Lipinski definition) is 1. The summed E-state index contributed by atoms with van der Waals surface area (Å²) < 4.78 is 66.5. The lowest BCUT2D eigenvalue weighted by molar-refractivity contribution is -0.138. The molecule has 0 radical (unpaired) electrons. The second-order valence-corrected chi connectivity index (χ2v) is 13.1. The maximum Gasteiger partial charge on any atom is 0.416 e. The first kappa shape index (κ1) is 27.9. The molecular formula is C25H38F3N3O3S. The molecule has 1 amide bonds. The number of nitrogens with two attached hydrogens (primary N) is 1. The molecule has 1 aromatic carbocycles. The summed E-state index contributed by atoms with van der Waals surface area (Å²) in [6.07, 6.45) is -0.588. The summed E-state index contributed by atoms with van der Waals surface area (Å²) in [5.41, 5.74) is 5.34. The molecule has 1 aliphatic heterocycles. The van der Waals surface area contributed by atoms with Gasteiger partial charge in [-0.05, 0) is 67.2 Å². The van der Waals surface area contributed by atoms with Gasteiger partial charge in [0, 0.05) is 25.7 Å². The van der Waals surface area contributed by atoms with Gasteiger partial charge < -0.3 is 10.6 Å². The van der Waals surface area contributed by atoms with E-state index < -0.39 is 27.8 Å². The van der Waals surface area contributed by atoms with Crippen LogP contribution in [0.3, 0.4) is 0 Å². The van der Waals surface area contributed by atoms with Crippen LogP contribution in [0.1, 0.15) is 65.4 Å². The molecule has 3 rings (SSSR count). The third-order valence-corrected chi connectivity index (χ3v) is 9.04. The Morgan fingerprint density at radius 2 is 1.77 bits per heavy atom. The molecule has 6 nitrogen and oxygen atoms in total. The Kier molecular flexibility index (Phi) is 8.28. The Balaban J connectivity index is 1.78. The van der Waals surface area contributed by atoms with E-state index in [1.165, 1.54) is 4.31 Å². The number of carbonyl (C=O) groups excluding carboxylic acids is 1. The highest BCUT2D eigenvalue weighted by Crippen LogP contribution is 2.43. The van der Waals surface area contributed by atoms with E-state index in [1.54, 1.807) is 0 Å². The minimum Gasteiger partial charge on any atom is -0.338 e. The zero-order chi connectivity index (χ0) is 26.2. The maximum atomic E-state index is 13.4. The van der Waals surface area contributed by atoms with Crippen LogP contribution < -0.4 is 5.73 Å². The molecule has 1 saturated heterocycles. The van der Waals surface area contributed by atoms with Gasteiger partial charge in [-0.1, -0.05) is 34.1 Å². The van der Waals surface area contributed by atoms with Crippen molar-refractivity contribution in [3.63, 3.8) is 0 Å². The summed E-state index contributed by atoms with van der Waals surface area (Å²) in [4.78, 5) is 15.1. The predicted octanol–water partition coefficient (Wildman–Crippen LogP) is 4.50. The van der Waals surface area contributed by atoms with Crippen LogP contribution in [-0.2, 0) is 21.0 Å². The number of amides is 1. The minimum atomic E-state index is -4.53. The van der Waals surface area contributed by atoms with E-state index in [-0.39, 0.29) is 40.6 Å². The number of nitrogens with zero attached hydrogens (tertiary/aromatic N) is 2. The molecule has 10 heteroatoms. The highest BCUT2D eigenvalue weighted by Gasteiger charge is 2.49. The lowest BCUT2D eigenvalue weighted by atomic mass is 9.87. The quantitative estimate of drug-likeness (QED) is 0.551. The first-order valence-corrected chi connectivity index (χ1v) is 13.8. The Morgan fingerprint density at radius 1 is 1.14 bits per heavy atom. The van der Waals surface area contributed by atoms with E-state index >= 15 is 0 Å². The van der Waals surface area contributed by atoms with Gasteiger partial charge >= 0.3 is 6.18 Å². The molecule has 0 unspecified atom stereocenters. The Hall–Kier alpha value is -1.65. The normalized spacial score (nSPS) is 24.4. The van der Waals surface area contributed by atoms with Crippen LogP contribution in [0.25, 0.3) is 0 Å². The van der Waals surface area contributed by atoms with E-state index in [9.17, 15) is 26.4 Å². The highest BCUT2D eigenvalue weighted by molar-refractivity contribution is 7.89. The zero-order valence-corrected chi connectivity index (χ0v) is 21.8. The van der Waals surface area contributed by atoms with Gasteiger partial charge in [0.15, 0.2) is 0 Å². The second-order valence-electron chi connectivity index (χ2n) is 11.2. The summed E-state index contributed by atoms with van der Waals surface area (Å²) >= 11 is 0. The molecule has 1 aliphatic carbocycles. The SMILES string of the molecule is CCCCN(C(=O)[C@@H](N)CC(C)(C)C)[C@H]1CC[C@@H]2CN(S(=O)(=O)c3ccc(C(F)(F)F)cc3)C[C@@H]21. The van der Waals surface area contributed by atoms with E-state index in [2.05, 4.69) is 6.92 Å². The van der Waals surface area contributed by atoms with Crippen molar-refractivity contribution in [1.29, 1.82) is 0 Å². The molecule has 2 N–H and O–H groups in total. The van der Waals surface area contributed by atoms with Gasteiger partial charge in [-0.3, -0.25) is 4.79 Å². The summed E-state index contributed by atoms with van der Waals surface area (Å²) in [7, 11) is -3.93. The zero-order valence-electron chi connectivity index (χ0n) is 21.0. The van der Waals surface area contributed by atoms with Gasteiger partial charge in [0.2, 0.25) is 15.9 Å². The number of benzene rings is 1. The number of carbonyl (C=O) groups is 1. The van der Waals surface area contributed by atoms with E-state index in [1.807, 2.05) is 25.7 Å². The van der Waals surface area contributed by atoms with Crippen LogP contribution in [0.2, 0.25) is 0 Å². The van der Waals surface area contributed by atoms with Gasteiger partial charge in [0.25, 0.3) is 0 Å². The third-order valence-electron chi connectivity index (χ3n) is 7.19. The molecule has 2 fully saturated rings. The highest BCUT2D eigenvalue weighted by atomic mass is 32.2. The fourth-order valence-electron chi connectivity index (χ4n) is 5.47. The lowest BCUT2D eigenvalue weighted by Gasteiger charge is -2.36. The Labute approximate surface area is 207 Å². The minimum absolute atomic E-state index is 0.0122. The van der Waals surface area contributed by atoms with Crippen LogP contribution in [0.5, 0.6) is 0 Å². The summed E-state index contributed by atoms with van der Waals surface area (Å²) in [5, 5.41) is 0. The first-order chi connectivity index (χ1) is 16.1. The van der Waals surface area contributed by atoms with Gasteiger partial charge in [-0.25, -0.2) is 8.42 Å². The van der Waals surface area contributed by atoms with Gasteiger partial charge in [0.05, 0.1) is 16.5 Å². The second kappa shape index (κ2) is 10.4. The Bertz CT molecular complexity index is 990. The number of alkyl halides is 3. The monoisotopic (exact) mass is 517 g/mol. The van der Waals surface area contributed by atoms with Gasteiger partial charge in [-0.2, -0.15) is 17.5 Å². The van der Waals surface area contributed by atoms with Crippen molar-refractivity contribution in [2.45, 2.75) is 83.0 Å². The van der Waals surface area contributed by atoms with E-state index in [0.717, 1.165) is 49.9 Å². The van der Waals surface area contributed by atoms with Crippen molar-refractivity contribution < 1.29 is 26.4 Å². The molecular weight excluding hydrogens is 479 g/mol. The van der Waals surface area contributed by atoms with Crippen molar-refractivity contribution >= 4 is 15.9 Å². The number of hydrogen-bond acceptors (Lipinski definition) is 4. The maximum absolute atomic E-state index is 13.4. The molecule has 2 aliphatic rings. The average Bonchev–Trinajstić information content (AvgIpc) is 3.34. The molecule has 0 bridgehead atoms. The van der Waals surface area contributed by atoms with E-state index in [4.69, 9.17) is 5.73 Å². The number of unbranched alkanes of at least 4 members (excludes halogenated alkanes) is 1. The summed E-state index contributed by atoms with van der Waals surface area (Å²) in [6, 6.07) is 2.94. The first-order valence-electron chi connectivity index (χ1n) is 12.4. The molecule has 1 aromatic rings.